The van der Waals surface area contributed by atoms with E-state index in [9.17, 15) is 5.11 Å². The zero-order valence-electron chi connectivity index (χ0n) is 11.7. The van der Waals surface area contributed by atoms with Crippen molar-refractivity contribution in [2.24, 2.45) is 0 Å². The Hall–Kier alpha value is -1.74. The molecular weight excluding hydrogens is 250 g/mol. The van der Waals surface area contributed by atoms with Gasteiger partial charge >= 0.3 is 0 Å². The van der Waals surface area contributed by atoms with E-state index in [2.05, 4.69) is 4.90 Å². The minimum atomic E-state index is 0.227. The molecule has 0 saturated carbocycles. The Bertz CT molecular complexity index is 576. The molecule has 2 aromatic rings. The topological polar surface area (TPSA) is 32.7 Å². The molecular formula is C17H21NO2. The van der Waals surface area contributed by atoms with Gasteiger partial charge in [0.05, 0.1) is 6.61 Å². The van der Waals surface area contributed by atoms with Crippen LogP contribution in [0, 0.1) is 0 Å². The lowest BCUT2D eigenvalue weighted by atomic mass is 10.1. The van der Waals surface area contributed by atoms with Crippen molar-refractivity contribution in [3.63, 3.8) is 0 Å². The average molecular weight is 271 g/mol. The summed E-state index contributed by atoms with van der Waals surface area (Å²) in [4.78, 5) is 2.48. The van der Waals surface area contributed by atoms with Gasteiger partial charge in [0.1, 0.15) is 0 Å². The molecule has 0 radical (unpaired) electrons. The summed E-state index contributed by atoms with van der Waals surface area (Å²) in [5.74, 6) is 0.815. The average Bonchev–Trinajstić information content (AvgIpc) is 2.97. The maximum atomic E-state index is 9.98. The number of ether oxygens (including phenoxy) is 1. The van der Waals surface area contributed by atoms with Crippen LogP contribution in [0.4, 0.5) is 0 Å². The summed E-state index contributed by atoms with van der Waals surface area (Å²) >= 11 is 0. The second kappa shape index (κ2) is 6.14. The maximum Gasteiger partial charge on any atom is 0.161 e. The first-order valence-electron chi connectivity index (χ1n) is 7.40. The highest BCUT2D eigenvalue weighted by Crippen LogP contribution is 2.31. The second-order valence-corrected chi connectivity index (χ2v) is 5.42. The number of phenols is 1. The van der Waals surface area contributed by atoms with Crippen LogP contribution in [0.1, 0.15) is 19.3 Å². The molecule has 1 saturated heterocycles. The Morgan fingerprint density at radius 2 is 1.75 bits per heavy atom. The molecule has 1 aliphatic heterocycles. The molecule has 1 aliphatic rings. The quantitative estimate of drug-likeness (QED) is 0.846. The molecule has 3 nitrogen and oxygen atoms in total. The molecule has 1 heterocycles. The number of phenolic OH excluding ortho intramolecular Hbond substituents is 1. The van der Waals surface area contributed by atoms with Gasteiger partial charge in [-0.3, -0.25) is 0 Å². The van der Waals surface area contributed by atoms with Gasteiger partial charge in [-0.2, -0.15) is 0 Å². The first kappa shape index (κ1) is 13.3. The van der Waals surface area contributed by atoms with Crippen molar-refractivity contribution in [2.45, 2.75) is 19.3 Å². The molecule has 3 rings (SSSR count). The highest BCUT2D eigenvalue weighted by Gasteiger charge is 2.11. The highest BCUT2D eigenvalue weighted by atomic mass is 16.5. The van der Waals surface area contributed by atoms with Gasteiger partial charge in [-0.15, -0.1) is 0 Å². The fourth-order valence-electron chi connectivity index (χ4n) is 2.80. The first-order chi connectivity index (χ1) is 9.83. The summed E-state index contributed by atoms with van der Waals surface area (Å²) in [5, 5.41) is 12.1. The van der Waals surface area contributed by atoms with Gasteiger partial charge in [0, 0.05) is 6.54 Å². The predicted molar refractivity (Wildman–Crippen MR) is 81.4 cm³/mol. The molecule has 3 heteroatoms. The normalized spacial score (nSPS) is 15.8. The smallest absolute Gasteiger partial charge is 0.161 e. The van der Waals surface area contributed by atoms with Gasteiger partial charge in [0.2, 0.25) is 0 Å². The monoisotopic (exact) mass is 271 g/mol. The van der Waals surface area contributed by atoms with Crippen LogP contribution in [0.2, 0.25) is 0 Å². The largest absolute Gasteiger partial charge is 0.504 e. The third-order valence-corrected chi connectivity index (χ3v) is 3.90. The number of benzene rings is 2. The van der Waals surface area contributed by atoms with Crippen LogP contribution in [0.5, 0.6) is 11.5 Å². The maximum absolute atomic E-state index is 9.98. The Labute approximate surface area is 119 Å². The van der Waals surface area contributed by atoms with Crippen LogP contribution in [0.3, 0.4) is 0 Å². The summed E-state index contributed by atoms with van der Waals surface area (Å²) in [6, 6.07) is 11.7. The standard InChI is InChI=1S/C17H21NO2/c19-16-12-14-6-1-2-7-15(14)13-17(16)20-11-5-10-18-8-3-4-9-18/h1-2,6-7,12-13,19H,3-5,8-11H2. The number of fused-ring (bicyclic) bond motifs is 1. The van der Waals surface area contributed by atoms with Gasteiger partial charge in [-0.05, 0) is 55.3 Å². The molecule has 2 aromatic carbocycles. The fourth-order valence-corrected chi connectivity index (χ4v) is 2.80. The molecule has 106 valence electrons. The lowest BCUT2D eigenvalue weighted by molar-refractivity contribution is 0.256. The summed E-state index contributed by atoms with van der Waals surface area (Å²) in [7, 11) is 0. The molecule has 1 fully saturated rings. The number of likely N-dealkylation sites (tertiary alicyclic amines) is 1. The van der Waals surface area contributed by atoms with E-state index in [0.29, 0.717) is 12.4 Å². The summed E-state index contributed by atoms with van der Waals surface area (Å²) < 4.78 is 5.73. The summed E-state index contributed by atoms with van der Waals surface area (Å²) in [6.45, 7) is 4.19. The fraction of sp³-hybridized carbons (Fsp3) is 0.412. The van der Waals surface area contributed by atoms with Gasteiger partial charge in [0.25, 0.3) is 0 Å². The van der Waals surface area contributed by atoms with Crippen molar-refractivity contribution >= 4 is 10.8 Å². The number of hydrogen-bond acceptors (Lipinski definition) is 3. The van der Waals surface area contributed by atoms with E-state index in [4.69, 9.17) is 4.74 Å². The van der Waals surface area contributed by atoms with E-state index in [-0.39, 0.29) is 5.75 Å². The number of hydrogen-bond donors (Lipinski definition) is 1. The number of nitrogens with zero attached hydrogens (tertiary/aromatic N) is 1. The van der Waals surface area contributed by atoms with Crippen molar-refractivity contribution in [1.29, 1.82) is 0 Å². The summed E-state index contributed by atoms with van der Waals surface area (Å²) in [5.41, 5.74) is 0. The van der Waals surface area contributed by atoms with Crippen molar-refractivity contribution in [2.75, 3.05) is 26.2 Å². The minimum Gasteiger partial charge on any atom is -0.504 e. The van der Waals surface area contributed by atoms with E-state index in [0.717, 1.165) is 23.7 Å². The van der Waals surface area contributed by atoms with Gasteiger partial charge in [0.15, 0.2) is 11.5 Å². The molecule has 0 spiro atoms. The Kier molecular flexibility index (Phi) is 4.07. The van der Waals surface area contributed by atoms with Crippen LogP contribution in [-0.4, -0.2) is 36.2 Å². The highest BCUT2D eigenvalue weighted by molar-refractivity contribution is 5.85. The molecule has 0 aliphatic carbocycles. The van der Waals surface area contributed by atoms with E-state index in [1.165, 1.54) is 25.9 Å². The van der Waals surface area contributed by atoms with Crippen molar-refractivity contribution < 1.29 is 9.84 Å². The molecule has 0 bridgehead atoms. The molecule has 0 aromatic heterocycles. The van der Waals surface area contributed by atoms with E-state index in [1.54, 1.807) is 6.07 Å². The van der Waals surface area contributed by atoms with Crippen molar-refractivity contribution in [3.8, 4) is 11.5 Å². The first-order valence-corrected chi connectivity index (χ1v) is 7.40. The second-order valence-electron chi connectivity index (χ2n) is 5.42. The number of rotatable bonds is 5. The van der Waals surface area contributed by atoms with Crippen LogP contribution < -0.4 is 4.74 Å². The van der Waals surface area contributed by atoms with Gasteiger partial charge in [-0.25, -0.2) is 0 Å². The molecule has 0 unspecified atom stereocenters. The molecule has 0 atom stereocenters. The van der Waals surface area contributed by atoms with Crippen LogP contribution >= 0.6 is 0 Å². The Balaban J connectivity index is 1.57. The third-order valence-electron chi connectivity index (χ3n) is 3.90. The lowest BCUT2D eigenvalue weighted by Gasteiger charge is -2.15. The summed E-state index contributed by atoms with van der Waals surface area (Å²) in [6.07, 6.45) is 3.66. The number of aromatic hydroxyl groups is 1. The van der Waals surface area contributed by atoms with Crippen LogP contribution in [-0.2, 0) is 0 Å². The zero-order valence-corrected chi connectivity index (χ0v) is 11.7. The van der Waals surface area contributed by atoms with Crippen LogP contribution in [0.25, 0.3) is 10.8 Å². The van der Waals surface area contributed by atoms with E-state index >= 15 is 0 Å². The van der Waals surface area contributed by atoms with E-state index in [1.807, 2.05) is 30.3 Å². The van der Waals surface area contributed by atoms with E-state index < -0.39 is 0 Å². The van der Waals surface area contributed by atoms with Gasteiger partial charge in [-0.1, -0.05) is 24.3 Å². The lowest BCUT2D eigenvalue weighted by Crippen LogP contribution is -2.21. The SMILES string of the molecule is Oc1cc2ccccc2cc1OCCCN1CCCC1. The Morgan fingerprint density at radius 3 is 2.50 bits per heavy atom. The molecule has 1 N–H and O–H groups in total. The Morgan fingerprint density at radius 1 is 1.05 bits per heavy atom. The molecule has 20 heavy (non-hydrogen) atoms. The predicted octanol–water partition coefficient (Wildman–Crippen LogP) is 3.41. The third kappa shape index (κ3) is 3.05. The van der Waals surface area contributed by atoms with Gasteiger partial charge < -0.3 is 14.7 Å². The van der Waals surface area contributed by atoms with Crippen LogP contribution in [0.15, 0.2) is 36.4 Å². The van der Waals surface area contributed by atoms with Crippen molar-refractivity contribution in [3.05, 3.63) is 36.4 Å². The molecule has 0 amide bonds. The minimum absolute atomic E-state index is 0.227. The zero-order chi connectivity index (χ0) is 13.8. The van der Waals surface area contributed by atoms with Crippen molar-refractivity contribution in [1.82, 2.24) is 4.90 Å².